The van der Waals surface area contributed by atoms with E-state index in [-0.39, 0.29) is 0 Å². The molecule has 0 bridgehead atoms. The predicted molar refractivity (Wildman–Crippen MR) is 282 cm³/mol. The summed E-state index contributed by atoms with van der Waals surface area (Å²) in [5, 5.41) is 12.2. The van der Waals surface area contributed by atoms with E-state index in [1.54, 1.807) is 0 Å². The van der Waals surface area contributed by atoms with E-state index >= 15 is 0 Å². The van der Waals surface area contributed by atoms with Crippen molar-refractivity contribution in [3.8, 4) is 39.1 Å². The van der Waals surface area contributed by atoms with Crippen molar-refractivity contribution in [2.75, 3.05) is 4.90 Å². The summed E-state index contributed by atoms with van der Waals surface area (Å²) in [5.74, 6) is 0. The second-order valence-corrected chi connectivity index (χ2v) is 17.2. The van der Waals surface area contributed by atoms with Gasteiger partial charge in [0.2, 0.25) is 0 Å². The Morgan fingerprint density at radius 2 is 0.803 bits per heavy atom. The standard InChI is InChI=1S/C64H42N2/c1-3-21-45(22-4-1)62-55-32-12-11-31-53(55)54-40-39-49(42-57(54)63(62)46-23-5-2-6-24-46)65(48-28-15-27-47(41-48)51-34-16-25-43-19-7-9-29-50(43)51)60-37-18-38-61-64(60)56-33-13-14-35-59(56)66(61)58-36-17-26-44-20-8-10-30-52(44)58/h1-42H. The normalized spacial score (nSPS) is 11.6. The third-order valence-electron chi connectivity index (χ3n) is 13.5. The molecule has 0 fully saturated rings. The van der Waals surface area contributed by atoms with Gasteiger partial charge in [0.05, 0.1) is 22.4 Å². The van der Waals surface area contributed by atoms with Gasteiger partial charge >= 0.3 is 0 Å². The maximum atomic E-state index is 2.50. The van der Waals surface area contributed by atoms with Crippen LogP contribution in [-0.4, -0.2) is 4.57 Å². The van der Waals surface area contributed by atoms with Crippen molar-refractivity contribution in [1.82, 2.24) is 4.57 Å². The van der Waals surface area contributed by atoms with E-state index in [2.05, 4.69) is 264 Å². The zero-order valence-electron chi connectivity index (χ0n) is 36.1. The van der Waals surface area contributed by atoms with Gasteiger partial charge in [0.25, 0.3) is 0 Å². The monoisotopic (exact) mass is 838 g/mol. The van der Waals surface area contributed by atoms with Gasteiger partial charge in [0, 0.05) is 27.5 Å². The number of hydrogen-bond acceptors (Lipinski definition) is 1. The topological polar surface area (TPSA) is 8.17 Å². The second-order valence-electron chi connectivity index (χ2n) is 17.2. The quantitative estimate of drug-likeness (QED) is 0.145. The van der Waals surface area contributed by atoms with E-state index in [4.69, 9.17) is 0 Å². The summed E-state index contributed by atoms with van der Waals surface area (Å²) in [7, 11) is 0. The highest BCUT2D eigenvalue weighted by atomic mass is 15.1. The Kier molecular flexibility index (Phi) is 8.89. The molecule has 2 nitrogen and oxygen atoms in total. The van der Waals surface area contributed by atoms with Gasteiger partial charge in [-0.1, -0.05) is 206 Å². The maximum Gasteiger partial charge on any atom is 0.0562 e. The molecule has 0 aliphatic carbocycles. The Hall–Kier alpha value is -8.72. The van der Waals surface area contributed by atoms with Crippen LogP contribution in [0.4, 0.5) is 17.1 Å². The number of hydrogen-bond donors (Lipinski definition) is 0. The van der Waals surface area contributed by atoms with Gasteiger partial charge in [-0.15, -0.1) is 0 Å². The fraction of sp³-hybridized carbons (Fsp3) is 0. The molecular weight excluding hydrogens is 797 g/mol. The maximum absolute atomic E-state index is 2.50. The van der Waals surface area contributed by atoms with Crippen LogP contribution in [-0.2, 0) is 0 Å². The Labute approximate surface area is 383 Å². The highest BCUT2D eigenvalue weighted by Crippen LogP contribution is 2.49. The lowest BCUT2D eigenvalue weighted by Crippen LogP contribution is -2.11. The molecule has 0 N–H and O–H groups in total. The molecule has 66 heavy (non-hydrogen) atoms. The van der Waals surface area contributed by atoms with Crippen molar-refractivity contribution in [3.05, 3.63) is 255 Å². The largest absolute Gasteiger partial charge is 0.310 e. The van der Waals surface area contributed by atoms with Gasteiger partial charge in [0.1, 0.15) is 0 Å². The fourth-order valence-corrected chi connectivity index (χ4v) is 10.7. The lowest BCUT2D eigenvalue weighted by Gasteiger charge is -2.28. The van der Waals surface area contributed by atoms with Crippen LogP contribution in [0.1, 0.15) is 0 Å². The van der Waals surface area contributed by atoms with Crippen molar-refractivity contribution in [2.24, 2.45) is 0 Å². The summed E-state index contributed by atoms with van der Waals surface area (Å²) < 4.78 is 2.47. The molecule has 308 valence electrons. The molecule has 12 aromatic carbocycles. The molecule has 0 atom stereocenters. The molecule has 13 rings (SSSR count). The van der Waals surface area contributed by atoms with E-state index < -0.39 is 0 Å². The molecule has 13 aromatic rings. The zero-order chi connectivity index (χ0) is 43.6. The van der Waals surface area contributed by atoms with Crippen molar-refractivity contribution in [1.29, 1.82) is 0 Å². The van der Waals surface area contributed by atoms with Gasteiger partial charge in [-0.05, 0) is 120 Å². The van der Waals surface area contributed by atoms with Crippen LogP contribution in [0, 0.1) is 0 Å². The smallest absolute Gasteiger partial charge is 0.0562 e. The number of rotatable bonds is 7. The number of aromatic nitrogens is 1. The summed E-state index contributed by atoms with van der Waals surface area (Å²) >= 11 is 0. The average molecular weight is 839 g/mol. The zero-order valence-corrected chi connectivity index (χ0v) is 36.1. The first-order valence-corrected chi connectivity index (χ1v) is 22.8. The summed E-state index contributed by atoms with van der Waals surface area (Å²) in [6, 6.07) is 93.5. The third-order valence-corrected chi connectivity index (χ3v) is 13.5. The minimum Gasteiger partial charge on any atom is -0.310 e. The van der Waals surface area contributed by atoms with E-state index in [1.807, 2.05) is 0 Å². The number of benzene rings is 12. The first kappa shape index (κ1) is 37.8. The van der Waals surface area contributed by atoms with Gasteiger partial charge in [-0.25, -0.2) is 0 Å². The van der Waals surface area contributed by atoms with Crippen molar-refractivity contribution < 1.29 is 0 Å². The minimum atomic E-state index is 1.08. The minimum absolute atomic E-state index is 1.08. The van der Waals surface area contributed by atoms with Crippen LogP contribution in [0.5, 0.6) is 0 Å². The van der Waals surface area contributed by atoms with Gasteiger partial charge in [-0.3, -0.25) is 0 Å². The SMILES string of the molecule is c1ccc(-c2c(-c3ccccc3)c3cc(N(c4cccc(-c5cccc6ccccc56)c4)c4cccc5c4c4ccccc4n5-c4cccc5ccccc45)ccc3c3ccccc23)cc1. The van der Waals surface area contributed by atoms with Gasteiger partial charge in [0.15, 0.2) is 0 Å². The van der Waals surface area contributed by atoms with Crippen molar-refractivity contribution in [3.63, 3.8) is 0 Å². The molecule has 0 aliphatic heterocycles. The summed E-state index contributed by atoms with van der Waals surface area (Å²) in [6.07, 6.45) is 0. The summed E-state index contributed by atoms with van der Waals surface area (Å²) in [5.41, 5.74) is 14.0. The first-order chi connectivity index (χ1) is 32.8. The van der Waals surface area contributed by atoms with Gasteiger partial charge < -0.3 is 9.47 Å². The van der Waals surface area contributed by atoms with E-state index in [9.17, 15) is 0 Å². The molecule has 1 heterocycles. The number of anilines is 3. The average Bonchev–Trinajstić information content (AvgIpc) is 3.73. The summed E-state index contributed by atoms with van der Waals surface area (Å²) in [4.78, 5) is 2.50. The third kappa shape index (κ3) is 6.04. The van der Waals surface area contributed by atoms with Crippen LogP contribution in [0.25, 0.3) is 104 Å². The number of nitrogens with zero attached hydrogens (tertiary/aromatic N) is 2. The molecule has 0 radical (unpaired) electrons. The molecule has 0 amide bonds. The highest BCUT2D eigenvalue weighted by molar-refractivity contribution is 6.23. The number of para-hydroxylation sites is 1. The highest BCUT2D eigenvalue weighted by Gasteiger charge is 2.24. The molecule has 0 saturated heterocycles. The van der Waals surface area contributed by atoms with Crippen LogP contribution >= 0.6 is 0 Å². The Balaban J connectivity index is 1.14. The molecule has 0 spiro atoms. The molecule has 0 unspecified atom stereocenters. The Morgan fingerprint density at radius 3 is 1.58 bits per heavy atom. The summed E-state index contributed by atoms with van der Waals surface area (Å²) in [6.45, 7) is 0. The molecule has 2 heteroatoms. The Morgan fingerprint density at radius 1 is 0.288 bits per heavy atom. The second kappa shape index (κ2) is 15.5. The van der Waals surface area contributed by atoms with Crippen LogP contribution in [0.2, 0.25) is 0 Å². The molecule has 0 aliphatic rings. The fourth-order valence-electron chi connectivity index (χ4n) is 10.7. The van der Waals surface area contributed by atoms with Crippen molar-refractivity contribution >= 4 is 82.0 Å². The van der Waals surface area contributed by atoms with Crippen LogP contribution in [0.15, 0.2) is 255 Å². The first-order valence-electron chi connectivity index (χ1n) is 22.8. The Bertz CT molecular complexity index is 3980. The van der Waals surface area contributed by atoms with E-state index in [0.717, 1.165) is 22.6 Å². The predicted octanol–water partition coefficient (Wildman–Crippen LogP) is 17.9. The molecule has 1 aromatic heterocycles. The lowest BCUT2D eigenvalue weighted by molar-refractivity contribution is 1.20. The molecular formula is C64H42N2. The molecule has 0 saturated carbocycles. The van der Waals surface area contributed by atoms with E-state index in [1.165, 1.54) is 98.4 Å². The van der Waals surface area contributed by atoms with Crippen molar-refractivity contribution in [2.45, 2.75) is 0 Å². The van der Waals surface area contributed by atoms with Crippen LogP contribution in [0.3, 0.4) is 0 Å². The lowest BCUT2D eigenvalue weighted by atomic mass is 9.85. The van der Waals surface area contributed by atoms with Gasteiger partial charge in [-0.2, -0.15) is 0 Å². The van der Waals surface area contributed by atoms with Crippen LogP contribution < -0.4 is 4.90 Å². The van der Waals surface area contributed by atoms with E-state index in [0.29, 0.717) is 0 Å². The number of fused-ring (bicyclic) bond motifs is 8.